The first-order chi connectivity index (χ1) is 8.84. The van der Waals surface area contributed by atoms with Gasteiger partial charge in [0.05, 0.1) is 0 Å². The Kier molecular flexibility index (Phi) is 6.46. The van der Waals surface area contributed by atoms with Crippen LogP contribution in [0.4, 0.5) is 0 Å². The Balaban J connectivity index is 1.45. The van der Waals surface area contributed by atoms with Crippen LogP contribution in [-0.2, 0) is 0 Å². The Bertz CT molecular complexity index is 214. The zero-order valence-corrected chi connectivity index (χ0v) is 12.1. The van der Waals surface area contributed by atoms with E-state index in [0.717, 1.165) is 12.5 Å². The summed E-state index contributed by atoms with van der Waals surface area (Å²) in [6.07, 6.45) is 10.1. The number of nitrogens with one attached hydrogen (secondary N) is 2. The summed E-state index contributed by atoms with van der Waals surface area (Å²) in [4.78, 5) is 2.43. The van der Waals surface area contributed by atoms with E-state index in [1.54, 1.807) is 0 Å². The summed E-state index contributed by atoms with van der Waals surface area (Å²) in [6, 6.07) is 0.700. The van der Waals surface area contributed by atoms with E-state index >= 15 is 0 Å². The topological polar surface area (TPSA) is 27.3 Å². The van der Waals surface area contributed by atoms with Crippen LogP contribution in [0.5, 0.6) is 0 Å². The van der Waals surface area contributed by atoms with E-state index in [-0.39, 0.29) is 0 Å². The van der Waals surface area contributed by atoms with Crippen molar-refractivity contribution in [3.63, 3.8) is 0 Å². The van der Waals surface area contributed by atoms with Gasteiger partial charge in [-0.25, -0.2) is 0 Å². The maximum Gasteiger partial charge on any atom is 0.0207 e. The fraction of sp³-hybridized carbons (Fsp3) is 1.00. The van der Waals surface area contributed by atoms with Gasteiger partial charge in [-0.2, -0.15) is 0 Å². The molecule has 2 N–H and O–H groups in total. The van der Waals surface area contributed by atoms with Gasteiger partial charge < -0.3 is 15.5 Å². The van der Waals surface area contributed by atoms with Crippen molar-refractivity contribution >= 4 is 0 Å². The first-order valence-corrected chi connectivity index (χ1v) is 7.97. The normalized spacial score (nSPS) is 27.5. The van der Waals surface area contributed by atoms with Gasteiger partial charge in [0, 0.05) is 25.7 Å². The summed E-state index contributed by atoms with van der Waals surface area (Å²) >= 11 is 0. The van der Waals surface area contributed by atoms with Crippen LogP contribution in [0.25, 0.3) is 0 Å². The Morgan fingerprint density at radius 3 is 2.67 bits per heavy atom. The third kappa shape index (κ3) is 5.25. The molecule has 1 saturated heterocycles. The van der Waals surface area contributed by atoms with Crippen molar-refractivity contribution in [2.75, 3.05) is 39.8 Å². The van der Waals surface area contributed by atoms with Gasteiger partial charge in [-0.1, -0.05) is 32.1 Å². The molecule has 2 fully saturated rings. The molecule has 18 heavy (non-hydrogen) atoms. The predicted octanol–water partition coefficient (Wildman–Crippen LogP) is 1.84. The van der Waals surface area contributed by atoms with Crippen LogP contribution in [0.2, 0.25) is 0 Å². The summed E-state index contributed by atoms with van der Waals surface area (Å²) in [5, 5.41) is 7.24. The third-order valence-electron chi connectivity index (χ3n) is 4.58. The van der Waals surface area contributed by atoms with Gasteiger partial charge in [0.2, 0.25) is 0 Å². The molecular formula is C15H31N3. The molecule has 1 atom stereocenters. The number of piperazine rings is 1. The zero-order chi connectivity index (χ0) is 12.6. The molecule has 0 radical (unpaired) electrons. The van der Waals surface area contributed by atoms with Gasteiger partial charge >= 0.3 is 0 Å². The highest BCUT2D eigenvalue weighted by molar-refractivity contribution is 4.77. The van der Waals surface area contributed by atoms with Crippen molar-refractivity contribution in [1.29, 1.82) is 0 Å². The quantitative estimate of drug-likeness (QED) is 0.707. The minimum Gasteiger partial charge on any atom is -0.317 e. The molecule has 2 rings (SSSR count). The summed E-state index contributed by atoms with van der Waals surface area (Å²) in [5.41, 5.74) is 0. The Labute approximate surface area is 113 Å². The molecule has 2 aliphatic rings. The van der Waals surface area contributed by atoms with Crippen molar-refractivity contribution in [2.45, 2.75) is 51.0 Å². The summed E-state index contributed by atoms with van der Waals surface area (Å²) < 4.78 is 0. The summed E-state index contributed by atoms with van der Waals surface area (Å²) in [5.74, 6) is 1.02. The van der Waals surface area contributed by atoms with Crippen molar-refractivity contribution < 1.29 is 0 Å². The largest absolute Gasteiger partial charge is 0.317 e. The molecule has 0 aromatic rings. The van der Waals surface area contributed by atoms with Gasteiger partial charge in [-0.15, -0.1) is 0 Å². The number of rotatable bonds is 6. The molecule has 1 heterocycles. The molecule has 1 aliphatic heterocycles. The Morgan fingerprint density at radius 1 is 1.11 bits per heavy atom. The minimum atomic E-state index is 0.700. The van der Waals surface area contributed by atoms with E-state index in [0.29, 0.717) is 6.04 Å². The van der Waals surface area contributed by atoms with E-state index in [1.165, 1.54) is 71.1 Å². The maximum absolute atomic E-state index is 3.64. The number of hydrogen-bond acceptors (Lipinski definition) is 3. The van der Waals surface area contributed by atoms with Crippen LogP contribution in [0.15, 0.2) is 0 Å². The fourth-order valence-corrected chi connectivity index (χ4v) is 3.37. The van der Waals surface area contributed by atoms with Gasteiger partial charge in [0.15, 0.2) is 0 Å². The molecule has 3 heteroatoms. The van der Waals surface area contributed by atoms with Crippen LogP contribution < -0.4 is 10.6 Å². The monoisotopic (exact) mass is 253 g/mol. The first-order valence-electron chi connectivity index (χ1n) is 7.97. The highest BCUT2D eigenvalue weighted by Crippen LogP contribution is 2.25. The van der Waals surface area contributed by atoms with Crippen molar-refractivity contribution in [1.82, 2.24) is 15.5 Å². The second-order valence-corrected chi connectivity index (χ2v) is 6.24. The third-order valence-corrected chi connectivity index (χ3v) is 4.58. The average Bonchev–Trinajstić information content (AvgIpc) is 2.40. The molecule has 1 unspecified atom stereocenters. The van der Waals surface area contributed by atoms with Crippen molar-refractivity contribution in [3.05, 3.63) is 0 Å². The summed E-state index contributed by atoms with van der Waals surface area (Å²) in [6.45, 7) is 5.98. The van der Waals surface area contributed by atoms with E-state index in [2.05, 4.69) is 22.6 Å². The molecule has 0 bridgehead atoms. The van der Waals surface area contributed by atoms with E-state index in [9.17, 15) is 0 Å². The lowest BCUT2D eigenvalue weighted by Crippen LogP contribution is -2.49. The van der Waals surface area contributed by atoms with Gasteiger partial charge in [0.1, 0.15) is 0 Å². The molecule has 0 amide bonds. The maximum atomic E-state index is 3.64. The van der Waals surface area contributed by atoms with Crippen LogP contribution >= 0.6 is 0 Å². The minimum absolute atomic E-state index is 0.700. The molecule has 1 aliphatic carbocycles. The Hall–Kier alpha value is -0.120. The number of hydrogen-bond donors (Lipinski definition) is 2. The molecule has 0 spiro atoms. The van der Waals surface area contributed by atoms with Crippen molar-refractivity contribution in [3.8, 4) is 0 Å². The standard InChI is InChI=1S/C15H31N3/c1-18-12-11-17-15(13-18)8-10-16-9-7-14-5-3-2-4-6-14/h14-17H,2-13H2,1H3. The number of nitrogens with zero attached hydrogens (tertiary/aromatic N) is 1. The van der Waals surface area contributed by atoms with E-state index < -0.39 is 0 Å². The SMILES string of the molecule is CN1CCNC(CCNCCC2CCCCC2)C1. The smallest absolute Gasteiger partial charge is 0.0207 e. The molecule has 106 valence electrons. The molecule has 0 aromatic heterocycles. The van der Waals surface area contributed by atoms with Crippen LogP contribution in [0.3, 0.4) is 0 Å². The second kappa shape index (κ2) is 8.13. The summed E-state index contributed by atoms with van der Waals surface area (Å²) in [7, 11) is 2.23. The van der Waals surface area contributed by atoms with Crippen LogP contribution in [0, 0.1) is 5.92 Å². The van der Waals surface area contributed by atoms with Crippen molar-refractivity contribution in [2.24, 2.45) is 5.92 Å². The molecule has 0 aromatic carbocycles. The van der Waals surface area contributed by atoms with E-state index in [4.69, 9.17) is 0 Å². The van der Waals surface area contributed by atoms with Crippen LogP contribution in [-0.4, -0.2) is 50.7 Å². The number of likely N-dealkylation sites (N-methyl/N-ethyl adjacent to an activating group) is 1. The zero-order valence-electron chi connectivity index (χ0n) is 12.1. The molecule has 1 saturated carbocycles. The van der Waals surface area contributed by atoms with Gasteiger partial charge in [0.25, 0.3) is 0 Å². The highest BCUT2D eigenvalue weighted by atomic mass is 15.2. The average molecular weight is 253 g/mol. The molecular weight excluding hydrogens is 222 g/mol. The van der Waals surface area contributed by atoms with Gasteiger partial charge in [-0.05, 0) is 38.9 Å². The van der Waals surface area contributed by atoms with E-state index in [1.807, 2.05) is 0 Å². The first kappa shape index (κ1) is 14.3. The Morgan fingerprint density at radius 2 is 1.89 bits per heavy atom. The predicted molar refractivity (Wildman–Crippen MR) is 78.0 cm³/mol. The lowest BCUT2D eigenvalue weighted by atomic mass is 9.87. The highest BCUT2D eigenvalue weighted by Gasteiger charge is 2.16. The van der Waals surface area contributed by atoms with Crippen LogP contribution in [0.1, 0.15) is 44.9 Å². The van der Waals surface area contributed by atoms with Gasteiger partial charge in [-0.3, -0.25) is 0 Å². The fourth-order valence-electron chi connectivity index (χ4n) is 3.37. The lowest BCUT2D eigenvalue weighted by molar-refractivity contribution is 0.230. The lowest BCUT2D eigenvalue weighted by Gasteiger charge is -2.31. The molecule has 3 nitrogen and oxygen atoms in total. The second-order valence-electron chi connectivity index (χ2n) is 6.24.